The van der Waals surface area contributed by atoms with Crippen molar-refractivity contribution in [3.05, 3.63) is 0 Å². The summed E-state index contributed by atoms with van der Waals surface area (Å²) in [6.07, 6.45) is -1.17. The summed E-state index contributed by atoms with van der Waals surface area (Å²) in [5.41, 5.74) is 14.4. The van der Waals surface area contributed by atoms with Crippen LogP contribution in [0.25, 0.3) is 0 Å². The summed E-state index contributed by atoms with van der Waals surface area (Å²) >= 11 is 0. The first kappa shape index (κ1) is 35.6. The van der Waals surface area contributed by atoms with E-state index in [0.29, 0.717) is 13.1 Å². The zero-order valence-electron chi connectivity index (χ0n) is 24.2. The maximum atomic E-state index is 11.7. The van der Waals surface area contributed by atoms with Gasteiger partial charge in [-0.3, -0.25) is 20.4 Å². The number of amides is 4. The Hall–Kier alpha value is -2.60. The van der Waals surface area contributed by atoms with Crippen LogP contribution in [-0.4, -0.2) is 70.4 Å². The number of hydrogen-bond acceptors (Lipinski definition) is 8. The van der Waals surface area contributed by atoms with Gasteiger partial charge in [-0.25, -0.2) is 19.6 Å². The van der Waals surface area contributed by atoms with E-state index >= 15 is 0 Å². The van der Waals surface area contributed by atoms with Gasteiger partial charge in [0, 0.05) is 13.1 Å². The highest BCUT2D eigenvalue weighted by Crippen LogP contribution is 2.09. The summed E-state index contributed by atoms with van der Waals surface area (Å²) in [7, 11) is 0. The number of nitrogens with one attached hydrogen (secondary N) is 2. The van der Waals surface area contributed by atoms with Crippen molar-refractivity contribution in [1.82, 2.24) is 20.9 Å². The first-order valence-corrected chi connectivity index (χ1v) is 12.2. The number of carbonyl (C=O) groups is 4. The van der Waals surface area contributed by atoms with Crippen LogP contribution in [0.3, 0.4) is 0 Å². The Morgan fingerprint density at radius 1 is 0.639 bits per heavy atom. The number of hydrazine groups is 2. The molecule has 12 heteroatoms. The second-order valence-corrected chi connectivity index (χ2v) is 11.5. The van der Waals surface area contributed by atoms with Crippen molar-refractivity contribution in [2.75, 3.05) is 13.1 Å². The molecule has 4 amide bonds. The summed E-state index contributed by atoms with van der Waals surface area (Å²) in [6.45, 7) is 22.9. The average Bonchev–Trinajstić information content (AvgIpc) is 2.62. The van der Waals surface area contributed by atoms with Gasteiger partial charge in [0.2, 0.25) is 11.8 Å². The van der Waals surface area contributed by atoms with E-state index in [4.69, 9.17) is 20.9 Å². The number of carbonyl (C=O) groups excluding carboxylic acids is 4. The van der Waals surface area contributed by atoms with E-state index in [9.17, 15) is 19.2 Å². The first-order valence-electron chi connectivity index (χ1n) is 12.2. The van der Waals surface area contributed by atoms with Crippen LogP contribution in [0.15, 0.2) is 0 Å². The van der Waals surface area contributed by atoms with Crippen LogP contribution in [0, 0.1) is 11.8 Å². The number of nitrogens with two attached hydrogens (primary N) is 2. The summed E-state index contributed by atoms with van der Waals surface area (Å²) in [4.78, 5) is 45.7. The van der Waals surface area contributed by atoms with E-state index in [0.717, 1.165) is 0 Å². The van der Waals surface area contributed by atoms with Crippen molar-refractivity contribution in [3.8, 4) is 0 Å². The van der Waals surface area contributed by atoms with Crippen molar-refractivity contribution in [1.29, 1.82) is 0 Å². The molecule has 0 radical (unpaired) electrons. The maximum Gasteiger partial charge on any atom is 0.422 e. The Morgan fingerprint density at radius 3 is 1.06 bits per heavy atom. The van der Waals surface area contributed by atoms with Gasteiger partial charge in [0.15, 0.2) is 0 Å². The minimum absolute atomic E-state index is 0.279. The van der Waals surface area contributed by atoms with Gasteiger partial charge in [0.05, 0.1) is 0 Å². The fourth-order valence-electron chi connectivity index (χ4n) is 2.53. The van der Waals surface area contributed by atoms with Crippen LogP contribution in [0.5, 0.6) is 0 Å². The molecule has 0 rings (SSSR count). The van der Waals surface area contributed by atoms with Crippen molar-refractivity contribution < 1.29 is 28.7 Å². The SMILES string of the molecule is CC(C)CN(NC(=O)OC(C)(C)C)[C@H](C)C(N)=O.CC(C)CN(NC(=O)OC(C)(C)C)[C@H](C)C(N)=O. The average molecular weight is 519 g/mol. The molecule has 0 saturated carbocycles. The molecule has 0 saturated heterocycles. The lowest BCUT2D eigenvalue weighted by Gasteiger charge is -2.30. The maximum absolute atomic E-state index is 11.7. The molecule has 0 aliphatic heterocycles. The van der Waals surface area contributed by atoms with Crippen molar-refractivity contribution in [2.45, 2.75) is 106 Å². The molecule has 0 heterocycles. The standard InChI is InChI=1S/2C12H25N3O3/c2*1-8(2)7-15(9(3)10(13)16)14-11(17)18-12(4,5)6/h2*8-9H,7H2,1-6H3,(H2,13,16)(H,14,17)/t2*9-/m11/s1. The molecule has 0 aliphatic rings. The lowest BCUT2D eigenvalue weighted by Crippen LogP contribution is -2.54. The molecule has 0 aliphatic carbocycles. The third kappa shape index (κ3) is 18.7. The molecule has 6 N–H and O–H groups in total. The van der Waals surface area contributed by atoms with Gasteiger partial charge in [0.1, 0.15) is 23.3 Å². The zero-order chi connectivity index (χ0) is 29.0. The second kappa shape index (κ2) is 15.5. The van der Waals surface area contributed by atoms with Gasteiger partial charge in [-0.1, -0.05) is 27.7 Å². The number of nitrogens with zero attached hydrogens (tertiary/aromatic N) is 2. The molecular formula is C24H50N6O6. The topological polar surface area (TPSA) is 169 Å². The van der Waals surface area contributed by atoms with E-state index in [1.54, 1.807) is 55.4 Å². The number of primary amides is 2. The van der Waals surface area contributed by atoms with Crippen LogP contribution in [0.2, 0.25) is 0 Å². The molecular weight excluding hydrogens is 468 g/mol. The summed E-state index contributed by atoms with van der Waals surface area (Å²) in [5.74, 6) is -0.429. The predicted octanol–water partition coefficient (Wildman–Crippen LogP) is 2.52. The third-order valence-corrected chi connectivity index (χ3v) is 4.15. The quantitative estimate of drug-likeness (QED) is 0.320. The van der Waals surface area contributed by atoms with Gasteiger partial charge < -0.3 is 20.9 Å². The molecule has 2 atom stereocenters. The highest BCUT2D eigenvalue weighted by atomic mass is 16.6. The minimum Gasteiger partial charge on any atom is -0.443 e. The highest BCUT2D eigenvalue weighted by molar-refractivity contribution is 5.80. The van der Waals surface area contributed by atoms with Crippen molar-refractivity contribution >= 4 is 24.0 Å². The smallest absolute Gasteiger partial charge is 0.422 e. The van der Waals surface area contributed by atoms with Crippen LogP contribution in [0.4, 0.5) is 9.59 Å². The van der Waals surface area contributed by atoms with Crippen LogP contribution >= 0.6 is 0 Å². The largest absolute Gasteiger partial charge is 0.443 e. The van der Waals surface area contributed by atoms with E-state index in [2.05, 4.69) is 10.9 Å². The number of ether oxygens (including phenoxy) is 2. The lowest BCUT2D eigenvalue weighted by atomic mass is 10.2. The minimum atomic E-state index is -0.587. The van der Waals surface area contributed by atoms with E-state index in [1.165, 1.54) is 10.0 Å². The van der Waals surface area contributed by atoms with Gasteiger partial charge in [-0.2, -0.15) is 0 Å². The fourth-order valence-corrected chi connectivity index (χ4v) is 2.53. The molecule has 0 unspecified atom stereocenters. The Labute approximate surface area is 216 Å². The first-order chi connectivity index (χ1) is 16.1. The lowest BCUT2D eigenvalue weighted by molar-refractivity contribution is -0.124. The molecule has 0 aromatic heterocycles. The Balaban J connectivity index is 0. The van der Waals surface area contributed by atoms with Crippen LogP contribution < -0.4 is 22.3 Å². The van der Waals surface area contributed by atoms with E-state index in [1.807, 2.05) is 27.7 Å². The van der Waals surface area contributed by atoms with Crippen molar-refractivity contribution in [2.24, 2.45) is 23.3 Å². The molecule has 0 spiro atoms. The molecule has 212 valence electrons. The Bertz CT molecular complexity index is 655. The normalized spacial score (nSPS) is 13.6. The Morgan fingerprint density at radius 2 is 0.889 bits per heavy atom. The highest BCUT2D eigenvalue weighted by Gasteiger charge is 2.25. The Kier molecular flexibility index (Phi) is 15.3. The summed E-state index contributed by atoms with van der Waals surface area (Å²) < 4.78 is 10.3. The van der Waals surface area contributed by atoms with Gasteiger partial charge in [-0.05, 0) is 67.2 Å². The van der Waals surface area contributed by atoms with Crippen LogP contribution in [0.1, 0.15) is 83.1 Å². The van der Waals surface area contributed by atoms with E-state index in [-0.39, 0.29) is 11.8 Å². The number of hydrogen-bond donors (Lipinski definition) is 4. The molecule has 0 aromatic carbocycles. The van der Waals surface area contributed by atoms with Crippen molar-refractivity contribution in [3.63, 3.8) is 0 Å². The zero-order valence-corrected chi connectivity index (χ0v) is 24.2. The third-order valence-electron chi connectivity index (χ3n) is 4.15. The predicted molar refractivity (Wildman–Crippen MR) is 139 cm³/mol. The molecule has 36 heavy (non-hydrogen) atoms. The molecule has 0 bridgehead atoms. The van der Waals surface area contributed by atoms with Gasteiger partial charge >= 0.3 is 12.2 Å². The fraction of sp³-hybridized carbons (Fsp3) is 0.833. The van der Waals surface area contributed by atoms with Crippen LogP contribution in [-0.2, 0) is 19.1 Å². The van der Waals surface area contributed by atoms with Gasteiger partial charge in [0.25, 0.3) is 0 Å². The monoisotopic (exact) mass is 518 g/mol. The molecule has 0 aromatic rings. The summed E-state index contributed by atoms with van der Waals surface area (Å²) in [6, 6.07) is -1.17. The van der Waals surface area contributed by atoms with Gasteiger partial charge in [-0.15, -0.1) is 0 Å². The molecule has 12 nitrogen and oxygen atoms in total. The number of rotatable bonds is 10. The summed E-state index contributed by atoms with van der Waals surface area (Å²) in [5, 5.41) is 3.00. The second-order valence-electron chi connectivity index (χ2n) is 11.5. The molecule has 0 fully saturated rings. The van der Waals surface area contributed by atoms with E-state index < -0.39 is 47.3 Å².